The van der Waals surface area contributed by atoms with Crippen LogP contribution in [-0.4, -0.2) is 45.6 Å². The van der Waals surface area contributed by atoms with Crippen LogP contribution in [0.4, 0.5) is 0 Å². The number of hydrogen-bond donors (Lipinski definition) is 2. The molecule has 27 heavy (non-hydrogen) atoms. The van der Waals surface area contributed by atoms with E-state index in [0.717, 1.165) is 10.6 Å². The minimum Gasteiger partial charge on any atom is -0.478 e. The molecule has 0 aliphatic carbocycles. The third-order valence-electron chi connectivity index (χ3n) is 4.21. The lowest BCUT2D eigenvalue weighted by Gasteiger charge is -2.19. The van der Waals surface area contributed by atoms with Crippen LogP contribution in [0.2, 0.25) is 5.02 Å². The van der Waals surface area contributed by atoms with Crippen molar-refractivity contribution in [1.82, 2.24) is 9.88 Å². The molecule has 2 aromatic rings. The number of carbonyl (C=O) groups is 2. The van der Waals surface area contributed by atoms with E-state index in [1.165, 1.54) is 30.5 Å². The average molecular weight is 389 g/mol. The fourth-order valence-electron chi connectivity index (χ4n) is 2.91. The number of halogens is 1. The zero-order valence-corrected chi connectivity index (χ0v) is 15.6. The van der Waals surface area contributed by atoms with Gasteiger partial charge in [-0.2, -0.15) is 0 Å². The smallest absolute Gasteiger partial charge is 0.328 e. The molecule has 0 radical (unpaired) electrons. The number of likely N-dealkylation sites (tertiary alicyclic amines) is 1. The number of carboxylic acids is 2. The fraction of sp³-hybridized carbons (Fsp3) is 0.250. The molecule has 0 saturated carbocycles. The highest BCUT2D eigenvalue weighted by Crippen LogP contribution is 2.32. The maximum Gasteiger partial charge on any atom is 0.328 e. The summed E-state index contributed by atoms with van der Waals surface area (Å²) in [5.41, 5.74) is 3.64. The first-order chi connectivity index (χ1) is 12.9. The molecule has 1 saturated heterocycles. The molecule has 0 bridgehead atoms. The molecule has 1 aliphatic rings. The Labute approximate surface area is 162 Å². The summed E-state index contributed by atoms with van der Waals surface area (Å²) in [6, 6.07) is 10.7. The predicted molar refractivity (Wildman–Crippen MR) is 104 cm³/mol. The van der Waals surface area contributed by atoms with Crippen LogP contribution < -0.4 is 0 Å². The number of pyridine rings is 1. The average Bonchev–Trinajstić information content (AvgIpc) is 3.07. The van der Waals surface area contributed by atoms with E-state index >= 15 is 0 Å². The van der Waals surface area contributed by atoms with Crippen molar-refractivity contribution in [3.63, 3.8) is 0 Å². The molecular weight excluding hydrogens is 368 g/mol. The van der Waals surface area contributed by atoms with Crippen LogP contribution in [0.3, 0.4) is 0 Å². The Kier molecular flexibility index (Phi) is 7.52. The Morgan fingerprint density at radius 3 is 2.26 bits per heavy atom. The molecule has 6 nitrogen and oxygen atoms in total. The summed E-state index contributed by atoms with van der Waals surface area (Å²) in [5, 5.41) is 16.4. The standard InChI is InChI=1S/C16H17ClN2.C4H4O4/c1-19-8-2-3-16(19)14-9-13(10-18-11-14)12-4-6-15(17)7-5-12;5-3(6)1-2-4(7)8/h4-7,9-11,16H,2-3,8H2,1H3;1-2H,(H,5,6)(H,7,8). The van der Waals surface area contributed by atoms with E-state index in [1.54, 1.807) is 0 Å². The van der Waals surface area contributed by atoms with Crippen LogP contribution >= 0.6 is 11.6 Å². The van der Waals surface area contributed by atoms with Gasteiger partial charge >= 0.3 is 11.9 Å². The lowest BCUT2D eigenvalue weighted by Crippen LogP contribution is -2.17. The van der Waals surface area contributed by atoms with Crippen LogP contribution in [0.1, 0.15) is 24.4 Å². The normalized spacial score (nSPS) is 16.7. The van der Waals surface area contributed by atoms with Gasteiger partial charge in [0.25, 0.3) is 0 Å². The van der Waals surface area contributed by atoms with Crippen molar-refractivity contribution in [2.24, 2.45) is 0 Å². The lowest BCUT2D eigenvalue weighted by atomic mass is 10.0. The molecule has 2 heterocycles. The van der Waals surface area contributed by atoms with Gasteiger partial charge in [0.1, 0.15) is 0 Å². The number of aliphatic carboxylic acids is 2. The van der Waals surface area contributed by atoms with Crippen LogP contribution in [-0.2, 0) is 9.59 Å². The van der Waals surface area contributed by atoms with Crippen molar-refractivity contribution in [2.75, 3.05) is 13.6 Å². The minimum absolute atomic E-state index is 0.514. The van der Waals surface area contributed by atoms with Crippen LogP contribution in [0.25, 0.3) is 11.1 Å². The number of carboxylic acid groups (broad SMARTS) is 2. The van der Waals surface area contributed by atoms with E-state index in [2.05, 4.69) is 23.0 Å². The number of aromatic nitrogens is 1. The number of benzene rings is 1. The van der Waals surface area contributed by atoms with Crippen molar-refractivity contribution in [2.45, 2.75) is 18.9 Å². The van der Waals surface area contributed by atoms with Gasteiger partial charge in [-0.05, 0) is 55.8 Å². The highest BCUT2D eigenvalue weighted by atomic mass is 35.5. The van der Waals surface area contributed by atoms with E-state index in [0.29, 0.717) is 18.2 Å². The third kappa shape index (κ3) is 6.51. The van der Waals surface area contributed by atoms with Crippen LogP contribution in [0.5, 0.6) is 0 Å². The molecule has 7 heteroatoms. The Hall–Kier alpha value is -2.70. The molecule has 0 spiro atoms. The first-order valence-electron chi connectivity index (χ1n) is 8.42. The van der Waals surface area contributed by atoms with Gasteiger partial charge in [0.15, 0.2) is 0 Å². The second kappa shape index (κ2) is 9.85. The summed E-state index contributed by atoms with van der Waals surface area (Å²) in [6.45, 7) is 1.18. The molecule has 1 unspecified atom stereocenters. The van der Waals surface area contributed by atoms with Crippen molar-refractivity contribution in [3.8, 4) is 11.1 Å². The molecule has 1 atom stereocenters. The fourth-order valence-corrected chi connectivity index (χ4v) is 3.04. The van der Waals surface area contributed by atoms with E-state index < -0.39 is 11.9 Å². The second-order valence-corrected chi connectivity index (χ2v) is 6.60. The Bertz CT molecular complexity index is 805. The van der Waals surface area contributed by atoms with Gasteiger partial charge in [0.05, 0.1) is 0 Å². The first kappa shape index (κ1) is 20.6. The van der Waals surface area contributed by atoms with E-state index in [9.17, 15) is 9.59 Å². The highest BCUT2D eigenvalue weighted by Gasteiger charge is 2.22. The third-order valence-corrected chi connectivity index (χ3v) is 4.46. The molecule has 142 valence electrons. The topological polar surface area (TPSA) is 90.7 Å². The van der Waals surface area contributed by atoms with Gasteiger partial charge in [-0.1, -0.05) is 23.7 Å². The Morgan fingerprint density at radius 1 is 1.11 bits per heavy atom. The molecule has 2 N–H and O–H groups in total. The minimum atomic E-state index is -1.26. The molecule has 3 rings (SSSR count). The van der Waals surface area contributed by atoms with Crippen molar-refractivity contribution >= 4 is 23.5 Å². The number of hydrogen-bond acceptors (Lipinski definition) is 4. The predicted octanol–water partition coefficient (Wildman–Crippen LogP) is 3.88. The van der Waals surface area contributed by atoms with Crippen LogP contribution in [0, 0.1) is 0 Å². The van der Waals surface area contributed by atoms with E-state index in [1.807, 2.05) is 36.7 Å². The molecular formula is C20H21ClN2O4. The van der Waals surface area contributed by atoms with Gasteiger partial charge in [0.2, 0.25) is 0 Å². The molecule has 1 aromatic heterocycles. The van der Waals surface area contributed by atoms with E-state index in [-0.39, 0.29) is 0 Å². The van der Waals surface area contributed by atoms with Gasteiger partial charge in [-0.15, -0.1) is 0 Å². The zero-order chi connectivity index (χ0) is 19.8. The summed E-state index contributed by atoms with van der Waals surface area (Å²) < 4.78 is 0. The lowest BCUT2D eigenvalue weighted by molar-refractivity contribution is -0.134. The maximum absolute atomic E-state index is 9.55. The summed E-state index contributed by atoms with van der Waals surface area (Å²) in [5.74, 6) is -2.51. The Morgan fingerprint density at radius 2 is 1.74 bits per heavy atom. The van der Waals surface area contributed by atoms with Crippen molar-refractivity contribution < 1.29 is 19.8 Å². The Balaban J connectivity index is 0.000000279. The highest BCUT2D eigenvalue weighted by molar-refractivity contribution is 6.30. The SMILES string of the molecule is CN1CCCC1c1cncc(-c2ccc(Cl)cc2)c1.O=C(O)C=CC(=O)O. The first-order valence-corrected chi connectivity index (χ1v) is 8.79. The summed E-state index contributed by atoms with van der Waals surface area (Å²) in [6.07, 6.45) is 7.52. The quantitative estimate of drug-likeness (QED) is 0.772. The second-order valence-electron chi connectivity index (χ2n) is 6.16. The molecule has 1 aliphatic heterocycles. The van der Waals surface area contributed by atoms with E-state index in [4.69, 9.17) is 21.8 Å². The zero-order valence-electron chi connectivity index (χ0n) is 14.9. The largest absolute Gasteiger partial charge is 0.478 e. The van der Waals surface area contributed by atoms with Gasteiger partial charge in [-0.25, -0.2) is 9.59 Å². The molecule has 1 fully saturated rings. The van der Waals surface area contributed by atoms with Gasteiger partial charge in [-0.3, -0.25) is 9.88 Å². The maximum atomic E-state index is 9.55. The van der Waals surface area contributed by atoms with Gasteiger partial charge < -0.3 is 10.2 Å². The molecule has 1 aromatic carbocycles. The summed E-state index contributed by atoms with van der Waals surface area (Å²) in [4.78, 5) is 25.9. The van der Waals surface area contributed by atoms with Gasteiger partial charge in [0, 0.05) is 41.2 Å². The number of rotatable bonds is 4. The van der Waals surface area contributed by atoms with Crippen LogP contribution in [0.15, 0.2) is 54.9 Å². The number of nitrogens with zero attached hydrogens (tertiary/aromatic N) is 2. The summed E-state index contributed by atoms with van der Waals surface area (Å²) in [7, 11) is 2.19. The molecule has 0 amide bonds. The van der Waals surface area contributed by atoms with Crippen molar-refractivity contribution in [1.29, 1.82) is 0 Å². The van der Waals surface area contributed by atoms with Crippen molar-refractivity contribution in [3.05, 3.63) is 65.5 Å². The summed E-state index contributed by atoms with van der Waals surface area (Å²) >= 11 is 5.93. The monoisotopic (exact) mass is 388 g/mol.